The van der Waals surface area contributed by atoms with Crippen molar-refractivity contribution in [2.75, 3.05) is 7.11 Å². The molecule has 0 saturated heterocycles. The predicted octanol–water partition coefficient (Wildman–Crippen LogP) is 5.09. The van der Waals surface area contributed by atoms with Gasteiger partial charge < -0.3 is 15.0 Å². The summed E-state index contributed by atoms with van der Waals surface area (Å²) in [6, 6.07) is 16.6. The molecule has 2 aromatic heterocycles. The Kier molecular flexibility index (Phi) is 6.12. The zero-order valence-corrected chi connectivity index (χ0v) is 19.1. The van der Waals surface area contributed by atoms with Crippen LogP contribution in [0.2, 0.25) is 0 Å². The molecule has 0 saturated carbocycles. The van der Waals surface area contributed by atoms with Gasteiger partial charge in [0, 0.05) is 17.6 Å². The number of nitrogens with zero attached hydrogens (tertiary/aromatic N) is 2. The lowest BCUT2D eigenvalue weighted by Gasteiger charge is -2.18. The first-order valence-electron chi connectivity index (χ1n) is 11.1. The highest BCUT2D eigenvalue weighted by Crippen LogP contribution is 2.26. The van der Waals surface area contributed by atoms with Gasteiger partial charge in [0.15, 0.2) is 5.82 Å². The molecule has 3 aromatic carbocycles. The summed E-state index contributed by atoms with van der Waals surface area (Å²) < 4.78 is 32.4. The third kappa shape index (κ3) is 4.63. The Hall–Kier alpha value is -4.66. The minimum atomic E-state index is -1.02. The number of hydrogen-bond donors (Lipinski definition) is 2. The van der Waals surface area contributed by atoms with Crippen LogP contribution in [-0.2, 0) is 9.53 Å². The van der Waals surface area contributed by atoms with Gasteiger partial charge >= 0.3 is 5.97 Å². The quantitative estimate of drug-likeness (QED) is 0.326. The van der Waals surface area contributed by atoms with Crippen LogP contribution in [0.3, 0.4) is 0 Å². The fraction of sp³-hybridized carbons (Fsp3) is 0.111. The van der Waals surface area contributed by atoms with Gasteiger partial charge in [0.2, 0.25) is 0 Å². The number of imidazole rings is 1. The second-order valence-corrected chi connectivity index (χ2v) is 8.21. The second-order valence-electron chi connectivity index (χ2n) is 8.21. The molecule has 5 aromatic rings. The van der Waals surface area contributed by atoms with Crippen LogP contribution in [0, 0.1) is 11.6 Å². The molecule has 1 atom stereocenters. The molecule has 2 heterocycles. The van der Waals surface area contributed by atoms with Gasteiger partial charge in [0.1, 0.15) is 22.8 Å². The van der Waals surface area contributed by atoms with Crippen molar-refractivity contribution in [3.05, 3.63) is 95.7 Å². The van der Waals surface area contributed by atoms with Gasteiger partial charge in [0.25, 0.3) is 5.91 Å². The molecule has 7 nitrogen and oxygen atoms in total. The van der Waals surface area contributed by atoms with Crippen molar-refractivity contribution in [3.8, 4) is 11.5 Å². The first-order chi connectivity index (χ1) is 17.4. The molecule has 0 aliphatic heterocycles. The molecule has 180 valence electrons. The highest BCUT2D eigenvalue weighted by atomic mass is 19.1. The zero-order chi connectivity index (χ0) is 25.2. The number of aromatic amines is 1. The van der Waals surface area contributed by atoms with Crippen LogP contribution < -0.4 is 5.32 Å². The maximum Gasteiger partial charge on any atom is 0.307 e. The Morgan fingerprint density at radius 2 is 1.75 bits per heavy atom. The number of amides is 1. The maximum absolute atomic E-state index is 13.8. The van der Waals surface area contributed by atoms with Crippen LogP contribution in [0.4, 0.5) is 8.78 Å². The summed E-state index contributed by atoms with van der Waals surface area (Å²) in [5, 5.41) is 4.68. The highest BCUT2D eigenvalue weighted by molar-refractivity contribution is 6.05. The average Bonchev–Trinajstić information content (AvgIpc) is 3.32. The van der Waals surface area contributed by atoms with E-state index in [-0.39, 0.29) is 17.5 Å². The summed E-state index contributed by atoms with van der Waals surface area (Å²) in [7, 11) is 1.19. The fourth-order valence-electron chi connectivity index (χ4n) is 4.06. The number of esters is 1. The van der Waals surface area contributed by atoms with E-state index in [1.54, 1.807) is 24.4 Å². The molecule has 0 aliphatic carbocycles. The minimum absolute atomic E-state index is 0.0986. The van der Waals surface area contributed by atoms with E-state index in [0.29, 0.717) is 28.6 Å². The third-order valence-electron chi connectivity index (χ3n) is 5.82. The number of rotatable bonds is 6. The number of nitrogens with one attached hydrogen (secondary N) is 2. The van der Waals surface area contributed by atoms with Crippen molar-refractivity contribution in [1.82, 2.24) is 20.3 Å². The predicted molar refractivity (Wildman–Crippen MR) is 130 cm³/mol. The lowest BCUT2D eigenvalue weighted by atomic mass is 10.0. The first kappa shape index (κ1) is 23.1. The summed E-state index contributed by atoms with van der Waals surface area (Å²) in [4.78, 5) is 37.5. The fourth-order valence-corrected chi connectivity index (χ4v) is 4.06. The normalized spacial score (nSPS) is 12.0. The summed E-state index contributed by atoms with van der Waals surface area (Å²) in [6.07, 6.45) is 1.44. The molecule has 9 heteroatoms. The Balaban J connectivity index is 1.49. The molecule has 0 fully saturated rings. The molecule has 2 N–H and O–H groups in total. The minimum Gasteiger partial charge on any atom is -0.469 e. The summed E-state index contributed by atoms with van der Waals surface area (Å²) >= 11 is 0. The lowest BCUT2D eigenvalue weighted by Crippen LogP contribution is -2.30. The van der Waals surface area contributed by atoms with Gasteiger partial charge in [-0.05, 0) is 41.3 Å². The van der Waals surface area contributed by atoms with E-state index in [0.717, 1.165) is 22.9 Å². The number of para-hydroxylation sites is 1. The molecular weight excluding hydrogens is 466 g/mol. The van der Waals surface area contributed by atoms with Crippen molar-refractivity contribution in [2.45, 2.75) is 12.5 Å². The Morgan fingerprint density at radius 3 is 2.50 bits per heavy atom. The van der Waals surface area contributed by atoms with E-state index in [1.807, 2.05) is 30.3 Å². The largest absolute Gasteiger partial charge is 0.469 e. The van der Waals surface area contributed by atoms with Crippen LogP contribution in [-0.4, -0.2) is 33.9 Å². The van der Waals surface area contributed by atoms with Gasteiger partial charge in [-0.1, -0.05) is 30.3 Å². The molecular formula is C27H20F2N4O3. The molecule has 0 spiro atoms. The number of hydrogen-bond acceptors (Lipinski definition) is 5. The number of aromatic nitrogens is 3. The SMILES string of the molecule is COC(=O)CC(NC(=O)c1cccc2[nH]c(-c3cc4ccccc4cn3)nc12)c1cc(F)cc(F)c1. The van der Waals surface area contributed by atoms with E-state index >= 15 is 0 Å². The van der Waals surface area contributed by atoms with Crippen LogP contribution in [0.15, 0.2) is 72.9 Å². The highest BCUT2D eigenvalue weighted by Gasteiger charge is 2.23. The smallest absolute Gasteiger partial charge is 0.307 e. The van der Waals surface area contributed by atoms with Crippen LogP contribution in [0.5, 0.6) is 0 Å². The first-order valence-corrected chi connectivity index (χ1v) is 11.1. The van der Waals surface area contributed by atoms with Crippen molar-refractivity contribution >= 4 is 33.7 Å². The molecule has 1 unspecified atom stereocenters. The zero-order valence-electron chi connectivity index (χ0n) is 19.1. The third-order valence-corrected chi connectivity index (χ3v) is 5.82. The molecule has 0 radical (unpaired) electrons. The standard InChI is InChI=1S/C27H20F2N4O3/c1-36-24(34)13-22(17-9-18(28)12-19(29)10-17)32-27(35)20-7-4-8-21-25(20)33-26(31-21)23-11-15-5-2-3-6-16(15)14-30-23/h2-12,14,22H,13H2,1H3,(H,31,33)(H,32,35). The van der Waals surface area contributed by atoms with Crippen LogP contribution >= 0.6 is 0 Å². The number of H-pyrrole nitrogens is 1. The number of halogens is 2. The van der Waals surface area contributed by atoms with E-state index in [4.69, 9.17) is 4.74 Å². The molecule has 36 heavy (non-hydrogen) atoms. The van der Waals surface area contributed by atoms with Crippen molar-refractivity contribution in [3.63, 3.8) is 0 Å². The molecule has 1 amide bonds. The number of ether oxygens (including phenoxy) is 1. The second kappa shape index (κ2) is 9.53. The van der Waals surface area contributed by atoms with E-state index in [9.17, 15) is 18.4 Å². The average molecular weight is 486 g/mol. The number of carbonyl (C=O) groups is 2. The number of fused-ring (bicyclic) bond motifs is 2. The number of carbonyl (C=O) groups excluding carboxylic acids is 2. The summed E-state index contributed by atoms with van der Waals surface area (Å²) in [5.41, 5.74) is 1.93. The molecule has 0 aliphatic rings. The maximum atomic E-state index is 13.8. The van der Waals surface area contributed by atoms with E-state index in [2.05, 4.69) is 20.3 Å². The number of methoxy groups -OCH3 is 1. The number of pyridine rings is 1. The Labute approximate surface area is 204 Å². The Morgan fingerprint density at radius 1 is 1.00 bits per heavy atom. The lowest BCUT2D eigenvalue weighted by molar-refractivity contribution is -0.141. The monoisotopic (exact) mass is 486 g/mol. The van der Waals surface area contributed by atoms with Gasteiger partial charge in [-0.15, -0.1) is 0 Å². The van der Waals surface area contributed by atoms with Crippen LogP contribution in [0.1, 0.15) is 28.4 Å². The van der Waals surface area contributed by atoms with Crippen molar-refractivity contribution in [2.24, 2.45) is 0 Å². The number of benzene rings is 3. The van der Waals surface area contributed by atoms with Crippen molar-refractivity contribution in [1.29, 1.82) is 0 Å². The summed E-state index contributed by atoms with van der Waals surface area (Å²) in [5.74, 6) is -2.38. The molecule has 5 rings (SSSR count). The van der Waals surface area contributed by atoms with E-state index in [1.165, 1.54) is 7.11 Å². The van der Waals surface area contributed by atoms with Gasteiger partial charge in [-0.3, -0.25) is 14.6 Å². The van der Waals surface area contributed by atoms with E-state index < -0.39 is 29.6 Å². The molecule has 0 bridgehead atoms. The van der Waals surface area contributed by atoms with Crippen LogP contribution in [0.25, 0.3) is 33.3 Å². The van der Waals surface area contributed by atoms with Gasteiger partial charge in [-0.2, -0.15) is 0 Å². The Bertz CT molecular complexity index is 1600. The van der Waals surface area contributed by atoms with Crippen molar-refractivity contribution < 1.29 is 23.1 Å². The van der Waals surface area contributed by atoms with Gasteiger partial charge in [-0.25, -0.2) is 13.8 Å². The summed E-state index contributed by atoms with van der Waals surface area (Å²) in [6.45, 7) is 0. The van der Waals surface area contributed by atoms with Gasteiger partial charge in [0.05, 0.1) is 30.7 Å². The topological polar surface area (TPSA) is 97.0 Å².